The Bertz CT molecular complexity index is 483. The molecule has 2 aromatic rings. The monoisotopic (exact) mass is 213 g/mol. The number of hydrogen-bond donors (Lipinski definition) is 0. The minimum Gasteiger partial charge on any atom is -0.354 e. The molecule has 84 valence electrons. The molecule has 0 aliphatic rings. The zero-order valence-electron chi connectivity index (χ0n) is 10.5. The van der Waals surface area contributed by atoms with E-state index in [1.165, 1.54) is 27.9 Å². The molecule has 0 bridgehead atoms. The van der Waals surface area contributed by atoms with Gasteiger partial charge in [0.25, 0.3) is 0 Å². The van der Waals surface area contributed by atoms with Crippen molar-refractivity contribution < 1.29 is 0 Å². The Hall–Kier alpha value is -1.50. The highest BCUT2D eigenvalue weighted by atomic mass is 14.9. The number of benzene rings is 1. The molecule has 1 heterocycles. The van der Waals surface area contributed by atoms with E-state index in [4.69, 9.17) is 0 Å². The predicted molar refractivity (Wildman–Crippen MR) is 68.9 cm³/mol. The largest absolute Gasteiger partial charge is 0.354 e. The van der Waals surface area contributed by atoms with Crippen molar-refractivity contribution in [2.24, 2.45) is 7.05 Å². The van der Waals surface area contributed by atoms with Crippen LogP contribution in [0.25, 0.3) is 0 Å². The molecule has 0 saturated carbocycles. The van der Waals surface area contributed by atoms with Gasteiger partial charge in [0.2, 0.25) is 0 Å². The lowest BCUT2D eigenvalue weighted by atomic mass is 9.96. The summed E-state index contributed by atoms with van der Waals surface area (Å²) in [6.07, 6.45) is 3.13. The van der Waals surface area contributed by atoms with Crippen molar-refractivity contribution >= 4 is 0 Å². The summed E-state index contributed by atoms with van der Waals surface area (Å²) in [5, 5.41) is 0. The number of hydrogen-bond acceptors (Lipinski definition) is 0. The van der Waals surface area contributed by atoms with Gasteiger partial charge >= 0.3 is 0 Å². The summed E-state index contributed by atoms with van der Waals surface area (Å²) in [5.41, 5.74) is 6.99. The van der Waals surface area contributed by atoms with Crippen molar-refractivity contribution in [3.63, 3.8) is 0 Å². The van der Waals surface area contributed by atoms with E-state index in [0.717, 1.165) is 6.42 Å². The fourth-order valence-corrected chi connectivity index (χ4v) is 2.35. The van der Waals surface area contributed by atoms with Gasteiger partial charge in [0.15, 0.2) is 0 Å². The molecule has 2 rings (SSSR count). The highest BCUT2D eigenvalue weighted by molar-refractivity contribution is 5.39. The van der Waals surface area contributed by atoms with Gasteiger partial charge < -0.3 is 4.57 Å². The van der Waals surface area contributed by atoms with Crippen LogP contribution in [0.15, 0.2) is 30.5 Å². The topological polar surface area (TPSA) is 4.93 Å². The minimum atomic E-state index is 1.03. The normalized spacial score (nSPS) is 10.8. The van der Waals surface area contributed by atoms with Crippen molar-refractivity contribution in [1.29, 1.82) is 0 Å². The summed E-state index contributed by atoms with van der Waals surface area (Å²) in [7, 11) is 2.11. The van der Waals surface area contributed by atoms with Gasteiger partial charge in [-0.3, -0.25) is 0 Å². The third-order valence-electron chi connectivity index (χ3n) is 3.25. The zero-order chi connectivity index (χ0) is 11.7. The van der Waals surface area contributed by atoms with E-state index < -0.39 is 0 Å². The minimum absolute atomic E-state index is 1.03. The molecular weight excluding hydrogens is 194 g/mol. The molecule has 0 aliphatic heterocycles. The molecule has 1 nitrogen and oxygen atoms in total. The second-order valence-electron chi connectivity index (χ2n) is 4.66. The fraction of sp³-hybridized carbons (Fsp3) is 0.333. The number of rotatable bonds is 2. The summed E-state index contributed by atoms with van der Waals surface area (Å²) in [6.45, 7) is 6.57. The molecule has 1 heteroatoms. The Morgan fingerprint density at radius 2 is 1.69 bits per heavy atom. The highest BCUT2D eigenvalue weighted by Crippen LogP contribution is 2.19. The molecule has 0 radical (unpaired) electrons. The van der Waals surface area contributed by atoms with E-state index in [2.05, 4.69) is 62.8 Å². The number of aromatic nitrogens is 1. The van der Waals surface area contributed by atoms with Gasteiger partial charge in [0, 0.05) is 25.4 Å². The average molecular weight is 213 g/mol. The van der Waals surface area contributed by atoms with Crippen molar-refractivity contribution in [3.8, 4) is 0 Å². The summed E-state index contributed by atoms with van der Waals surface area (Å²) >= 11 is 0. The molecule has 1 aromatic carbocycles. The summed E-state index contributed by atoms with van der Waals surface area (Å²) in [6, 6.07) is 8.84. The quantitative estimate of drug-likeness (QED) is 0.719. The zero-order valence-corrected chi connectivity index (χ0v) is 10.5. The molecule has 0 spiro atoms. The summed E-state index contributed by atoms with van der Waals surface area (Å²) < 4.78 is 2.19. The van der Waals surface area contributed by atoms with Crippen molar-refractivity contribution in [2.75, 3.05) is 0 Å². The van der Waals surface area contributed by atoms with Crippen LogP contribution in [-0.4, -0.2) is 4.57 Å². The second-order valence-corrected chi connectivity index (χ2v) is 4.66. The van der Waals surface area contributed by atoms with E-state index in [-0.39, 0.29) is 0 Å². The second kappa shape index (κ2) is 4.17. The fourth-order valence-electron chi connectivity index (χ4n) is 2.35. The smallest absolute Gasteiger partial charge is 0.0215 e. The predicted octanol–water partition coefficient (Wildman–Crippen LogP) is 3.54. The van der Waals surface area contributed by atoms with E-state index in [9.17, 15) is 0 Å². The number of nitrogens with zero attached hydrogens (tertiary/aromatic N) is 1. The molecule has 0 unspecified atom stereocenters. The van der Waals surface area contributed by atoms with Gasteiger partial charge in [0.05, 0.1) is 0 Å². The van der Waals surface area contributed by atoms with Crippen LogP contribution in [0, 0.1) is 20.8 Å². The van der Waals surface area contributed by atoms with Gasteiger partial charge in [-0.15, -0.1) is 0 Å². The molecule has 16 heavy (non-hydrogen) atoms. The molecular formula is C15H19N. The van der Waals surface area contributed by atoms with E-state index in [1.807, 2.05) is 0 Å². The van der Waals surface area contributed by atoms with Gasteiger partial charge in [-0.05, 0) is 49.6 Å². The van der Waals surface area contributed by atoms with Crippen LogP contribution < -0.4 is 0 Å². The summed E-state index contributed by atoms with van der Waals surface area (Å²) in [4.78, 5) is 0. The lowest BCUT2D eigenvalue weighted by molar-refractivity contribution is 0.846. The lowest BCUT2D eigenvalue weighted by Crippen LogP contribution is -2.01. The molecule has 0 atom stereocenters. The SMILES string of the molecule is Cc1cc(C)c(Cc2cccn2C)c(C)c1. The molecule has 0 fully saturated rings. The van der Waals surface area contributed by atoms with Crippen LogP contribution in [0.4, 0.5) is 0 Å². The Balaban J connectivity index is 2.39. The molecule has 0 aliphatic carbocycles. The van der Waals surface area contributed by atoms with Crippen LogP contribution in [-0.2, 0) is 13.5 Å². The Kier molecular flexibility index (Phi) is 2.86. The average Bonchev–Trinajstić information content (AvgIpc) is 2.57. The van der Waals surface area contributed by atoms with Crippen LogP contribution in [0.5, 0.6) is 0 Å². The Morgan fingerprint density at radius 3 is 2.19 bits per heavy atom. The van der Waals surface area contributed by atoms with E-state index in [1.54, 1.807) is 0 Å². The van der Waals surface area contributed by atoms with Gasteiger partial charge in [-0.1, -0.05) is 17.7 Å². The van der Waals surface area contributed by atoms with Crippen LogP contribution in [0.1, 0.15) is 27.9 Å². The maximum atomic E-state index is 2.27. The highest BCUT2D eigenvalue weighted by Gasteiger charge is 2.06. The van der Waals surface area contributed by atoms with Gasteiger partial charge in [0.1, 0.15) is 0 Å². The first-order valence-corrected chi connectivity index (χ1v) is 5.75. The Labute approximate surface area is 97.7 Å². The van der Waals surface area contributed by atoms with Gasteiger partial charge in [-0.2, -0.15) is 0 Å². The Morgan fingerprint density at radius 1 is 1.06 bits per heavy atom. The molecule has 1 aromatic heterocycles. The first-order chi connectivity index (χ1) is 7.58. The summed E-state index contributed by atoms with van der Waals surface area (Å²) in [5.74, 6) is 0. The first kappa shape index (κ1) is 11.0. The number of aryl methyl sites for hydroxylation is 4. The van der Waals surface area contributed by atoms with Crippen molar-refractivity contribution in [2.45, 2.75) is 27.2 Å². The van der Waals surface area contributed by atoms with Crippen LogP contribution >= 0.6 is 0 Å². The standard InChI is InChI=1S/C15H19N/c1-11-8-12(2)15(13(3)9-11)10-14-6-5-7-16(14)4/h5-9H,10H2,1-4H3. The van der Waals surface area contributed by atoms with E-state index in [0.29, 0.717) is 0 Å². The van der Waals surface area contributed by atoms with Gasteiger partial charge in [-0.25, -0.2) is 0 Å². The van der Waals surface area contributed by atoms with E-state index >= 15 is 0 Å². The first-order valence-electron chi connectivity index (χ1n) is 5.75. The molecule has 0 amide bonds. The van der Waals surface area contributed by atoms with Crippen LogP contribution in [0.3, 0.4) is 0 Å². The third-order valence-corrected chi connectivity index (χ3v) is 3.25. The lowest BCUT2D eigenvalue weighted by Gasteiger charge is -2.12. The van der Waals surface area contributed by atoms with Crippen molar-refractivity contribution in [1.82, 2.24) is 4.57 Å². The maximum absolute atomic E-state index is 2.27. The molecule has 0 N–H and O–H groups in total. The molecule has 0 saturated heterocycles. The third kappa shape index (κ3) is 2.04. The maximum Gasteiger partial charge on any atom is 0.0215 e. The van der Waals surface area contributed by atoms with Crippen molar-refractivity contribution in [3.05, 3.63) is 58.4 Å². The van der Waals surface area contributed by atoms with Crippen LogP contribution in [0.2, 0.25) is 0 Å².